The third-order valence-corrected chi connectivity index (χ3v) is 5.95. The van der Waals surface area contributed by atoms with Gasteiger partial charge in [-0.3, -0.25) is 9.69 Å². The number of aromatic nitrogens is 1. The Hall–Kier alpha value is -3.17. The van der Waals surface area contributed by atoms with E-state index < -0.39 is 0 Å². The molecule has 0 aliphatic rings. The smallest absolute Gasteiger partial charge is 0.252 e. The lowest BCUT2D eigenvalue weighted by molar-refractivity contribution is 0.247. The molecule has 0 saturated heterocycles. The SMILES string of the molecule is Cc1ccc2[nH]c(=O)c(CN(Cc3ccccc3)Cc3ccc(C(C)(C)C)cc3)cc2c1. The minimum absolute atomic E-state index is 0.0116. The van der Waals surface area contributed by atoms with Crippen LogP contribution >= 0.6 is 0 Å². The number of benzene rings is 3. The Bertz CT molecular complexity index is 1250. The topological polar surface area (TPSA) is 36.1 Å². The summed E-state index contributed by atoms with van der Waals surface area (Å²) in [6.07, 6.45) is 0. The molecule has 164 valence electrons. The number of nitrogens with zero attached hydrogens (tertiary/aromatic N) is 1. The largest absolute Gasteiger partial charge is 0.322 e. The van der Waals surface area contributed by atoms with Gasteiger partial charge in [0.1, 0.15) is 0 Å². The van der Waals surface area contributed by atoms with E-state index in [1.807, 2.05) is 24.3 Å². The Morgan fingerprint density at radius 3 is 2.09 bits per heavy atom. The number of fused-ring (bicyclic) bond motifs is 1. The minimum atomic E-state index is -0.0116. The molecule has 0 spiro atoms. The van der Waals surface area contributed by atoms with E-state index in [1.165, 1.54) is 22.3 Å². The predicted molar refractivity (Wildman–Crippen MR) is 134 cm³/mol. The summed E-state index contributed by atoms with van der Waals surface area (Å²) in [6, 6.07) is 27.5. The molecule has 0 saturated carbocycles. The molecule has 0 bridgehead atoms. The molecule has 1 N–H and O–H groups in total. The predicted octanol–water partition coefficient (Wildman–Crippen LogP) is 6.34. The van der Waals surface area contributed by atoms with Crippen LogP contribution in [-0.2, 0) is 25.0 Å². The maximum Gasteiger partial charge on any atom is 0.252 e. The molecule has 1 heterocycles. The normalized spacial score (nSPS) is 11.9. The summed E-state index contributed by atoms with van der Waals surface area (Å²) in [5.41, 5.74) is 6.82. The van der Waals surface area contributed by atoms with Crippen molar-refractivity contribution in [3.8, 4) is 0 Å². The second-order valence-corrected chi connectivity index (χ2v) is 9.79. The van der Waals surface area contributed by atoms with E-state index in [1.54, 1.807) is 0 Å². The van der Waals surface area contributed by atoms with Crippen molar-refractivity contribution >= 4 is 10.9 Å². The van der Waals surface area contributed by atoms with Gasteiger partial charge in [0.05, 0.1) is 0 Å². The first-order valence-electron chi connectivity index (χ1n) is 11.3. The number of nitrogens with one attached hydrogen (secondary N) is 1. The van der Waals surface area contributed by atoms with Crippen LogP contribution in [0.3, 0.4) is 0 Å². The van der Waals surface area contributed by atoms with Gasteiger partial charge in [0.25, 0.3) is 5.56 Å². The minimum Gasteiger partial charge on any atom is -0.322 e. The first-order valence-corrected chi connectivity index (χ1v) is 11.3. The highest BCUT2D eigenvalue weighted by atomic mass is 16.1. The number of aryl methyl sites for hydroxylation is 1. The second kappa shape index (κ2) is 9.13. The first kappa shape index (κ1) is 22.0. The van der Waals surface area contributed by atoms with Gasteiger partial charge in [-0.25, -0.2) is 0 Å². The van der Waals surface area contributed by atoms with Crippen molar-refractivity contribution in [1.82, 2.24) is 9.88 Å². The van der Waals surface area contributed by atoms with Gasteiger partial charge < -0.3 is 4.98 Å². The molecule has 0 radical (unpaired) electrons. The van der Waals surface area contributed by atoms with Crippen LogP contribution in [0.15, 0.2) is 83.7 Å². The molecule has 0 aliphatic carbocycles. The van der Waals surface area contributed by atoms with Gasteiger partial charge in [-0.2, -0.15) is 0 Å². The average molecular weight is 425 g/mol. The van der Waals surface area contributed by atoms with E-state index in [0.717, 1.165) is 29.6 Å². The zero-order valence-corrected chi connectivity index (χ0v) is 19.5. The van der Waals surface area contributed by atoms with Gasteiger partial charge in [0.2, 0.25) is 0 Å². The Morgan fingerprint density at radius 2 is 1.44 bits per heavy atom. The van der Waals surface area contributed by atoms with Crippen molar-refractivity contribution in [2.75, 3.05) is 0 Å². The van der Waals surface area contributed by atoms with E-state index in [0.29, 0.717) is 6.54 Å². The van der Waals surface area contributed by atoms with Gasteiger partial charge in [-0.1, -0.05) is 87.0 Å². The van der Waals surface area contributed by atoms with Crippen molar-refractivity contribution in [3.05, 3.63) is 117 Å². The van der Waals surface area contributed by atoms with E-state index in [-0.39, 0.29) is 11.0 Å². The molecule has 4 rings (SSSR count). The first-order chi connectivity index (χ1) is 15.3. The number of aromatic amines is 1. The third kappa shape index (κ3) is 5.35. The lowest BCUT2D eigenvalue weighted by Gasteiger charge is -2.24. The molecule has 3 aromatic carbocycles. The lowest BCUT2D eigenvalue weighted by atomic mass is 9.87. The molecular weight excluding hydrogens is 392 g/mol. The van der Waals surface area contributed by atoms with E-state index in [9.17, 15) is 4.79 Å². The Kier molecular flexibility index (Phi) is 6.29. The summed E-state index contributed by atoms with van der Waals surface area (Å²) in [4.78, 5) is 18.2. The Morgan fingerprint density at radius 1 is 0.781 bits per heavy atom. The molecule has 0 atom stereocenters. The van der Waals surface area contributed by atoms with Gasteiger partial charge in [-0.05, 0) is 52.6 Å². The monoisotopic (exact) mass is 424 g/mol. The van der Waals surface area contributed by atoms with E-state index in [4.69, 9.17) is 0 Å². The van der Waals surface area contributed by atoms with Crippen molar-refractivity contribution < 1.29 is 0 Å². The van der Waals surface area contributed by atoms with Crippen LogP contribution in [0.2, 0.25) is 0 Å². The molecule has 3 nitrogen and oxygen atoms in total. The van der Waals surface area contributed by atoms with Crippen LogP contribution in [0, 0.1) is 6.92 Å². The fraction of sp³-hybridized carbons (Fsp3) is 0.276. The molecule has 0 unspecified atom stereocenters. The highest BCUT2D eigenvalue weighted by Crippen LogP contribution is 2.23. The molecule has 1 aromatic heterocycles. The molecule has 0 amide bonds. The fourth-order valence-electron chi connectivity index (χ4n) is 4.11. The second-order valence-electron chi connectivity index (χ2n) is 9.79. The summed E-state index contributed by atoms with van der Waals surface area (Å²) >= 11 is 0. The fourth-order valence-corrected chi connectivity index (χ4v) is 4.11. The summed E-state index contributed by atoms with van der Waals surface area (Å²) in [7, 11) is 0. The average Bonchev–Trinajstić information content (AvgIpc) is 2.75. The van der Waals surface area contributed by atoms with Crippen LogP contribution in [0.25, 0.3) is 10.9 Å². The maximum absolute atomic E-state index is 12.8. The molecule has 4 aromatic rings. The Labute approximate surface area is 190 Å². The molecular formula is C29H32N2O. The van der Waals surface area contributed by atoms with Crippen LogP contribution in [0.1, 0.15) is 48.6 Å². The van der Waals surface area contributed by atoms with Gasteiger partial charge in [0, 0.05) is 30.7 Å². The summed E-state index contributed by atoms with van der Waals surface area (Å²) in [6.45, 7) is 10.9. The molecule has 0 fully saturated rings. The number of hydrogen-bond acceptors (Lipinski definition) is 2. The quantitative estimate of drug-likeness (QED) is 0.392. The molecule has 3 heteroatoms. The number of hydrogen-bond donors (Lipinski definition) is 1. The zero-order valence-electron chi connectivity index (χ0n) is 19.5. The van der Waals surface area contributed by atoms with Crippen molar-refractivity contribution in [1.29, 1.82) is 0 Å². The summed E-state index contributed by atoms with van der Waals surface area (Å²) in [5, 5.41) is 1.08. The summed E-state index contributed by atoms with van der Waals surface area (Å²) in [5.74, 6) is 0. The summed E-state index contributed by atoms with van der Waals surface area (Å²) < 4.78 is 0. The van der Waals surface area contributed by atoms with Crippen molar-refractivity contribution in [2.24, 2.45) is 0 Å². The van der Waals surface area contributed by atoms with Gasteiger partial charge >= 0.3 is 0 Å². The van der Waals surface area contributed by atoms with Crippen LogP contribution < -0.4 is 5.56 Å². The molecule has 0 aliphatic heterocycles. The maximum atomic E-state index is 12.8. The Balaban J connectivity index is 1.63. The van der Waals surface area contributed by atoms with Crippen LogP contribution in [-0.4, -0.2) is 9.88 Å². The highest BCUT2D eigenvalue weighted by Gasteiger charge is 2.15. The van der Waals surface area contributed by atoms with Crippen LogP contribution in [0.5, 0.6) is 0 Å². The van der Waals surface area contributed by atoms with Crippen LogP contribution in [0.4, 0.5) is 0 Å². The zero-order chi connectivity index (χ0) is 22.7. The lowest BCUT2D eigenvalue weighted by Crippen LogP contribution is -2.26. The van der Waals surface area contributed by atoms with Gasteiger partial charge in [-0.15, -0.1) is 0 Å². The van der Waals surface area contributed by atoms with Crippen molar-refractivity contribution in [3.63, 3.8) is 0 Å². The van der Waals surface area contributed by atoms with Crippen molar-refractivity contribution in [2.45, 2.75) is 52.7 Å². The number of pyridine rings is 1. The standard InChI is InChI=1S/C29H32N2O/c1-21-10-15-27-24(16-21)17-25(28(32)30-27)20-31(18-22-8-6-5-7-9-22)19-23-11-13-26(14-12-23)29(2,3)4/h5-17H,18-20H2,1-4H3,(H,30,32). The van der Waals surface area contributed by atoms with E-state index in [2.05, 4.69) is 92.2 Å². The van der Waals surface area contributed by atoms with Gasteiger partial charge in [0.15, 0.2) is 0 Å². The number of H-pyrrole nitrogens is 1. The molecule has 32 heavy (non-hydrogen) atoms. The number of rotatable bonds is 6. The highest BCUT2D eigenvalue weighted by molar-refractivity contribution is 5.79. The third-order valence-electron chi connectivity index (χ3n) is 5.95. The van der Waals surface area contributed by atoms with E-state index >= 15 is 0 Å².